The van der Waals surface area contributed by atoms with Gasteiger partial charge in [0.2, 0.25) is 0 Å². The van der Waals surface area contributed by atoms with Gasteiger partial charge in [0.15, 0.2) is 5.88 Å². The number of halogens is 1. The topological polar surface area (TPSA) is 110 Å². The summed E-state index contributed by atoms with van der Waals surface area (Å²) in [6.45, 7) is 5.97. The number of nitrogens with one attached hydrogen (secondary N) is 3. The predicted molar refractivity (Wildman–Crippen MR) is 121 cm³/mol. The summed E-state index contributed by atoms with van der Waals surface area (Å²) in [5, 5.41) is 15.9. The normalized spacial score (nSPS) is 17.2. The molecule has 32 heavy (non-hydrogen) atoms. The molecule has 1 saturated heterocycles. The standard InChI is InChI=1S/C23H28FN5O3/c1-15-19(14-17-7-8-18(24)6-3-9-25-21(17)30)28-16(2)20(15)22(31)26-10-4-12-29-13-5-11-27-23(29)32/h3,6-9,14,25,30H,4-5,10-13H2,1-2H3,(H,26,31)(H,27,32)/b8-7?,9-3?,18-6?,19-14-,21-17?. The Morgan fingerprint density at radius 1 is 1.34 bits per heavy atom. The predicted octanol–water partition coefficient (Wildman–Crippen LogP) is 3.04. The summed E-state index contributed by atoms with van der Waals surface area (Å²) in [5.74, 6) is -0.865. The fourth-order valence-electron chi connectivity index (χ4n) is 3.57. The highest BCUT2D eigenvalue weighted by Gasteiger charge is 2.24. The van der Waals surface area contributed by atoms with E-state index in [0.29, 0.717) is 54.2 Å². The van der Waals surface area contributed by atoms with Crippen molar-refractivity contribution in [2.75, 3.05) is 26.2 Å². The number of aromatic hydroxyl groups is 1. The first-order valence-electron chi connectivity index (χ1n) is 10.6. The Balaban J connectivity index is 1.70. The highest BCUT2D eigenvalue weighted by atomic mass is 19.1. The van der Waals surface area contributed by atoms with Crippen molar-refractivity contribution in [3.05, 3.63) is 58.7 Å². The summed E-state index contributed by atoms with van der Waals surface area (Å²) in [6.07, 6.45) is 4.58. The SMILES string of the molecule is CC1=N/C(=C\c2ccc(F)ccc[nH]c2O)C(C)=C1C(=O)NCCCN1CCCNC1=O. The van der Waals surface area contributed by atoms with Gasteiger partial charge in [0.05, 0.1) is 17.0 Å². The fourth-order valence-corrected chi connectivity index (χ4v) is 3.57. The Labute approximate surface area is 186 Å². The van der Waals surface area contributed by atoms with Gasteiger partial charge in [-0.1, -0.05) is 0 Å². The lowest BCUT2D eigenvalue weighted by atomic mass is 10.0. The molecule has 0 radical (unpaired) electrons. The van der Waals surface area contributed by atoms with Gasteiger partial charge in [-0.05, 0) is 62.6 Å². The van der Waals surface area contributed by atoms with Gasteiger partial charge in [0, 0.05) is 37.9 Å². The minimum absolute atomic E-state index is 0.0634. The molecule has 8 nitrogen and oxygen atoms in total. The van der Waals surface area contributed by atoms with E-state index in [1.165, 1.54) is 30.5 Å². The molecular weight excluding hydrogens is 413 g/mol. The third kappa shape index (κ3) is 5.75. The molecule has 3 amide bonds. The van der Waals surface area contributed by atoms with Crippen molar-refractivity contribution in [3.63, 3.8) is 0 Å². The molecule has 2 aliphatic heterocycles. The lowest BCUT2D eigenvalue weighted by molar-refractivity contribution is -0.117. The average Bonchev–Trinajstić information content (AvgIpc) is 3.08. The summed E-state index contributed by atoms with van der Waals surface area (Å²) in [4.78, 5) is 33.4. The van der Waals surface area contributed by atoms with E-state index in [0.717, 1.165) is 13.0 Å². The van der Waals surface area contributed by atoms with E-state index in [4.69, 9.17) is 0 Å². The summed E-state index contributed by atoms with van der Waals surface area (Å²) in [7, 11) is 0. The summed E-state index contributed by atoms with van der Waals surface area (Å²) >= 11 is 0. The molecule has 0 aliphatic carbocycles. The minimum Gasteiger partial charge on any atom is -0.494 e. The van der Waals surface area contributed by atoms with Gasteiger partial charge in [-0.15, -0.1) is 0 Å². The molecule has 170 valence electrons. The Morgan fingerprint density at radius 2 is 2.16 bits per heavy atom. The number of amides is 3. The molecule has 1 aromatic heterocycles. The van der Waals surface area contributed by atoms with Crippen molar-refractivity contribution in [2.24, 2.45) is 4.99 Å². The van der Waals surface area contributed by atoms with Crippen LogP contribution in [0, 0.1) is 5.82 Å². The van der Waals surface area contributed by atoms with E-state index in [9.17, 15) is 19.1 Å². The first-order valence-corrected chi connectivity index (χ1v) is 10.6. The lowest BCUT2D eigenvalue weighted by Gasteiger charge is -2.27. The average molecular weight is 442 g/mol. The largest absolute Gasteiger partial charge is 0.494 e. The number of hydrogen-bond acceptors (Lipinski definition) is 4. The maximum atomic E-state index is 13.7. The van der Waals surface area contributed by atoms with Crippen LogP contribution in [0.4, 0.5) is 9.18 Å². The minimum atomic E-state index is -0.464. The Hall–Kier alpha value is -3.62. The number of carbonyl (C=O) groups excluding carboxylic acids is 2. The van der Waals surface area contributed by atoms with Crippen LogP contribution in [0.5, 0.6) is 5.88 Å². The van der Waals surface area contributed by atoms with Crippen molar-refractivity contribution in [3.8, 4) is 5.88 Å². The summed E-state index contributed by atoms with van der Waals surface area (Å²) in [5.41, 5.74) is 2.53. The van der Waals surface area contributed by atoms with Crippen LogP contribution in [-0.4, -0.2) is 58.8 Å². The molecule has 4 N–H and O–H groups in total. The number of allylic oxidation sites excluding steroid dienone is 1. The molecule has 9 heteroatoms. The molecule has 1 fully saturated rings. The maximum Gasteiger partial charge on any atom is 0.317 e. The molecule has 1 aromatic rings. The molecule has 2 aliphatic rings. The third-order valence-electron chi connectivity index (χ3n) is 5.25. The third-order valence-corrected chi connectivity index (χ3v) is 5.25. The number of hydrogen-bond donors (Lipinski definition) is 4. The first kappa shape index (κ1) is 23.1. The second-order valence-electron chi connectivity index (χ2n) is 7.60. The molecular formula is C23H28FN5O3. The summed E-state index contributed by atoms with van der Waals surface area (Å²) < 4.78 is 13.7. The number of carbonyl (C=O) groups is 2. The number of aromatic amines is 1. The number of urea groups is 1. The van der Waals surface area contributed by atoms with E-state index in [1.54, 1.807) is 24.8 Å². The number of rotatable bonds is 6. The molecule has 0 bridgehead atoms. The van der Waals surface area contributed by atoms with Gasteiger partial charge in [-0.2, -0.15) is 0 Å². The number of H-pyrrole nitrogens is 1. The Kier molecular flexibility index (Phi) is 7.64. The van der Waals surface area contributed by atoms with Crippen molar-refractivity contribution in [1.82, 2.24) is 20.5 Å². The first-order chi connectivity index (χ1) is 15.4. The van der Waals surface area contributed by atoms with E-state index >= 15 is 0 Å². The highest BCUT2D eigenvalue weighted by molar-refractivity contribution is 6.24. The molecule has 0 saturated carbocycles. The summed E-state index contributed by atoms with van der Waals surface area (Å²) in [6, 6.07) is 5.30. The van der Waals surface area contributed by atoms with Gasteiger partial charge in [0.1, 0.15) is 5.82 Å². The quantitative estimate of drug-likeness (QED) is 0.509. The Morgan fingerprint density at radius 3 is 2.94 bits per heavy atom. The molecule has 0 unspecified atom stereocenters. The van der Waals surface area contributed by atoms with E-state index in [1.807, 2.05) is 0 Å². The van der Waals surface area contributed by atoms with Gasteiger partial charge in [-0.3, -0.25) is 9.79 Å². The Bertz CT molecular complexity index is 1040. The van der Waals surface area contributed by atoms with E-state index < -0.39 is 5.82 Å². The molecule has 3 rings (SSSR count). The molecule has 0 spiro atoms. The lowest BCUT2D eigenvalue weighted by Crippen LogP contribution is -2.47. The highest BCUT2D eigenvalue weighted by Crippen LogP contribution is 2.28. The zero-order chi connectivity index (χ0) is 23.1. The zero-order valence-electron chi connectivity index (χ0n) is 18.2. The molecule has 0 aromatic carbocycles. The van der Waals surface area contributed by atoms with Gasteiger partial charge >= 0.3 is 6.03 Å². The van der Waals surface area contributed by atoms with Crippen LogP contribution in [-0.2, 0) is 4.79 Å². The van der Waals surface area contributed by atoms with Crippen LogP contribution in [0.3, 0.4) is 0 Å². The fraction of sp³-hybridized carbons (Fsp3) is 0.348. The van der Waals surface area contributed by atoms with Gasteiger partial charge in [0.25, 0.3) is 5.91 Å². The van der Waals surface area contributed by atoms with Crippen LogP contribution in [0.1, 0.15) is 32.3 Å². The van der Waals surface area contributed by atoms with Crippen LogP contribution in [0.25, 0.3) is 6.08 Å². The number of aromatic nitrogens is 1. The van der Waals surface area contributed by atoms with Crippen LogP contribution >= 0.6 is 0 Å². The smallest absolute Gasteiger partial charge is 0.317 e. The molecule has 0 atom stereocenters. The van der Waals surface area contributed by atoms with E-state index in [2.05, 4.69) is 20.6 Å². The maximum absolute atomic E-state index is 13.7. The monoisotopic (exact) mass is 441 g/mol. The second kappa shape index (κ2) is 10.6. The van der Waals surface area contributed by atoms with Crippen LogP contribution in [0.2, 0.25) is 0 Å². The van der Waals surface area contributed by atoms with Crippen molar-refractivity contribution in [2.45, 2.75) is 26.7 Å². The second-order valence-corrected chi connectivity index (χ2v) is 7.60. The zero-order valence-corrected chi connectivity index (χ0v) is 18.2. The van der Waals surface area contributed by atoms with E-state index in [-0.39, 0.29) is 17.8 Å². The van der Waals surface area contributed by atoms with Crippen molar-refractivity contribution < 1.29 is 19.1 Å². The van der Waals surface area contributed by atoms with Gasteiger partial charge in [-0.25, -0.2) is 9.18 Å². The van der Waals surface area contributed by atoms with Crippen molar-refractivity contribution in [1.29, 1.82) is 0 Å². The molecule has 3 heterocycles. The number of aliphatic imine (C=N–C) groups is 1. The van der Waals surface area contributed by atoms with Crippen LogP contribution < -0.4 is 10.6 Å². The van der Waals surface area contributed by atoms with Crippen LogP contribution in [0.15, 0.2) is 52.3 Å². The van der Waals surface area contributed by atoms with Crippen molar-refractivity contribution >= 4 is 23.7 Å². The number of nitrogens with zero attached hydrogens (tertiary/aromatic N) is 2. The van der Waals surface area contributed by atoms with Gasteiger partial charge < -0.3 is 25.6 Å².